The topological polar surface area (TPSA) is 63.4 Å². The highest BCUT2D eigenvalue weighted by Gasteiger charge is 2.10. The van der Waals surface area contributed by atoms with Crippen molar-refractivity contribution in [2.75, 3.05) is 13.3 Å². The molecule has 0 saturated heterocycles. The Morgan fingerprint density at radius 2 is 1.67 bits per heavy atom. The lowest BCUT2D eigenvalue weighted by Gasteiger charge is -2.13. The van der Waals surface area contributed by atoms with Crippen molar-refractivity contribution in [3.8, 4) is 0 Å². The molecular weight excluding hydrogens is 212 g/mol. The van der Waals surface area contributed by atoms with Gasteiger partial charge in [-0.25, -0.2) is 12.7 Å². The van der Waals surface area contributed by atoms with Gasteiger partial charge in [0.15, 0.2) is 0 Å². The van der Waals surface area contributed by atoms with Gasteiger partial charge >= 0.3 is 0 Å². The van der Waals surface area contributed by atoms with E-state index in [9.17, 15) is 8.42 Å². The molecular formula is C10H16N2O2S. The Labute approximate surface area is 90.8 Å². The van der Waals surface area contributed by atoms with Gasteiger partial charge in [0.1, 0.15) is 0 Å². The highest BCUT2D eigenvalue weighted by molar-refractivity contribution is 7.88. The van der Waals surface area contributed by atoms with Gasteiger partial charge in [0, 0.05) is 20.1 Å². The summed E-state index contributed by atoms with van der Waals surface area (Å²) in [7, 11) is -1.55. The molecule has 0 aliphatic carbocycles. The Morgan fingerprint density at radius 1 is 1.20 bits per heavy atom. The van der Waals surface area contributed by atoms with Gasteiger partial charge in [-0.3, -0.25) is 0 Å². The lowest BCUT2D eigenvalue weighted by Crippen LogP contribution is -2.24. The predicted molar refractivity (Wildman–Crippen MR) is 60.6 cm³/mol. The van der Waals surface area contributed by atoms with Crippen LogP contribution in [0, 0.1) is 0 Å². The molecule has 0 fully saturated rings. The minimum absolute atomic E-state index is 0.393. The van der Waals surface area contributed by atoms with Gasteiger partial charge in [-0.2, -0.15) is 0 Å². The van der Waals surface area contributed by atoms with Gasteiger partial charge in [-0.05, 0) is 11.1 Å². The Hall–Kier alpha value is -0.910. The average molecular weight is 228 g/mol. The summed E-state index contributed by atoms with van der Waals surface area (Å²) in [5.41, 5.74) is 7.46. The van der Waals surface area contributed by atoms with Gasteiger partial charge in [0.2, 0.25) is 10.0 Å². The largest absolute Gasteiger partial charge is 0.326 e. The van der Waals surface area contributed by atoms with E-state index in [1.165, 1.54) is 10.6 Å². The molecule has 0 unspecified atom stereocenters. The maximum absolute atomic E-state index is 11.2. The molecule has 1 aromatic carbocycles. The Morgan fingerprint density at radius 3 is 2.07 bits per heavy atom. The SMILES string of the molecule is CN(Cc1ccc(CN)cc1)S(C)(=O)=O. The van der Waals surface area contributed by atoms with Crippen molar-refractivity contribution < 1.29 is 8.42 Å². The predicted octanol–water partition coefficient (Wildman–Crippen LogP) is 0.537. The maximum Gasteiger partial charge on any atom is 0.211 e. The van der Waals surface area contributed by atoms with Crippen molar-refractivity contribution in [2.24, 2.45) is 5.73 Å². The number of nitrogens with two attached hydrogens (primary N) is 1. The molecule has 0 saturated carbocycles. The van der Waals surface area contributed by atoms with Crippen LogP contribution in [0.1, 0.15) is 11.1 Å². The van der Waals surface area contributed by atoms with E-state index in [1.807, 2.05) is 24.3 Å². The normalized spacial score (nSPS) is 12.0. The summed E-state index contributed by atoms with van der Waals surface area (Å²) in [6, 6.07) is 7.60. The number of sulfonamides is 1. The number of rotatable bonds is 4. The number of hydrogen-bond acceptors (Lipinski definition) is 3. The fourth-order valence-electron chi connectivity index (χ4n) is 1.16. The first-order valence-corrected chi connectivity index (χ1v) is 6.47. The fourth-order valence-corrected chi connectivity index (χ4v) is 1.54. The molecule has 0 bridgehead atoms. The highest BCUT2D eigenvalue weighted by atomic mass is 32.2. The second-order valence-corrected chi connectivity index (χ2v) is 5.63. The third-order valence-electron chi connectivity index (χ3n) is 2.23. The molecule has 0 amide bonds. The summed E-state index contributed by atoms with van der Waals surface area (Å²) in [6.45, 7) is 0.895. The Kier molecular flexibility index (Phi) is 3.84. The number of nitrogens with zero attached hydrogens (tertiary/aromatic N) is 1. The second kappa shape index (κ2) is 4.74. The highest BCUT2D eigenvalue weighted by Crippen LogP contribution is 2.08. The van der Waals surface area contributed by atoms with Crippen LogP contribution in [-0.2, 0) is 23.1 Å². The van der Waals surface area contributed by atoms with Crippen LogP contribution >= 0.6 is 0 Å². The zero-order valence-corrected chi connectivity index (χ0v) is 9.79. The molecule has 1 aromatic rings. The van der Waals surface area contributed by atoms with E-state index >= 15 is 0 Å². The van der Waals surface area contributed by atoms with E-state index in [0.29, 0.717) is 13.1 Å². The summed E-state index contributed by atoms with van der Waals surface area (Å²) in [5.74, 6) is 0. The Balaban J connectivity index is 2.74. The van der Waals surface area contributed by atoms with Crippen LogP contribution in [0.15, 0.2) is 24.3 Å². The van der Waals surface area contributed by atoms with E-state index in [4.69, 9.17) is 5.73 Å². The van der Waals surface area contributed by atoms with Crippen molar-refractivity contribution in [3.05, 3.63) is 35.4 Å². The molecule has 0 aliphatic heterocycles. The molecule has 84 valence electrons. The molecule has 0 aliphatic rings. The molecule has 5 heteroatoms. The number of hydrogen-bond donors (Lipinski definition) is 1. The Bertz CT molecular complexity index is 412. The van der Waals surface area contributed by atoms with Crippen LogP contribution in [0.3, 0.4) is 0 Å². The van der Waals surface area contributed by atoms with Crippen molar-refractivity contribution in [1.29, 1.82) is 0 Å². The first kappa shape index (κ1) is 12.2. The standard InChI is InChI=1S/C10H16N2O2S/c1-12(15(2,13)14)8-10-5-3-9(7-11)4-6-10/h3-6H,7-8,11H2,1-2H3. The summed E-state index contributed by atoms with van der Waals surface area (Å²) in [6.07, 6.45) is 1.20. The van der Waals surface area contributed by atoms with Gasteiger partial charge < -0.3 is 5.73 Å². The zero-order chi connectivity index (χ0) is 11.5. The van der Waals surface area contributed by atoms with Gasteiger partial charge in [0.05, 0.1) is 6.26 Å². The molecule has 0 atom stereocenters. The van der Waals surface area contributed by atoms with Crippen LogP contribution in [0.4, 0.5) is 0 Å². The summed E-state index contributed by atoms with van der Waals surface area (Å²) in [5, 5.41) is 0. The van der Waals surface area contributed by atoms with Crippen LogP contribution in [0.2, 0.25) is 0 Å². The fraction of sp³-hybridized carbons (Fsp3) is 0.400. The maximum atomic E-state index is 11.2. The van der Waals surface area contributed by atoms with Crippen molar-refractivity contribution in [2.45, 2.75) is 13.1 Å². The first-order valence-electron chi connectivity index (χ1n) is 4.62. The second-order valence-electron chi connectivity index (χ2n) is 3.54. The van der Waals surface area contributed by atoms with Gasteiger partial charge in [-0.1, -0.05) is 24.3 Å². The minimum atomic E-state index is -3.11. The van der Waals surface area contributed by atoms with Crippen LogP contribution in [0.25, 0.3) is 0 Å². The molecule has 0 radical (unpaired) electrons. The lowest BCUT2D eigenvalue weighted by atomic mass is 10.1. The lowest BCUT2D eigenvalue weighted by molar-refractivity contribution is 0.472. The average Bonchev–Trinajstić information content (AvgIpc) is 2.17. The minimum Gasteiger partial charge on any atom is -0.326 e. The van der Waals surface area contributed by atoms with E-state index in [0.717, 1.165) is 11.1 Å². The molecule has 0 heterocycles. The molecule has 2 N–H and O–H groups in total. The third kappa shape index (κ3) is 3.62. The van der Waals surface area contributed by atoms with Crippen LogP contribution in [0.5, 0.6) is 0 Å². The van der Waals surface area contributed by atoms with E-state index in [2.05, 4.69) is 0 Å². The smallest absolute Gasteiger partial charge is 0.211 e. The van der Waals surface area contributed by atoms with E-state index in [-0.39, 0.29) is 0 Å². The van der Waals surface area contributed by atoms with Crippen LogP contribution in [-0.4, -0.2) is 26.0 Å². The van der Waals surface area contributed by atoms with Crippen molar-refractivity contribution >= 4 is 10.0 Å². The quantitative estimate of drug-likeness (QED) is 0.818. The summed E-state index contributed by atoms with van der Waals surface area (Å²) >= 11 is 0. The summed E-state index contributed by atoms with van der Waals surface area (Å²) in [4.78, 5) is 0. The van der Waals surface area contributed by atoms with Gasteiger partial charge in [-0.15, -0.1) is 0 Å². The molecule has 4 nitrogen and oxygen atoms in total. The van der Waals surface area contributed by atoms with Gasteiger partial charge in [0.25, 0.3) is 0 Å². The van der Waals surface area contributed by atoms with Crippen molar-refractivity contribution in [1.82, 2.24) is 4.31 Å². The zero-order valence-electron chi connectivity index (χ0n) is 8.97. The molecule has 0 spiro atoms. The third-order valence-corrected chi connectivity index (χ3v) is 3.49. The molecule has 15 heavy (non-hydrogen) atoms. The van der Waals surface area contributed by atoms with Crippen LogP contribution < -0.4 is 5.73 Å². The number of benzene rings is 1. The van der Waals surface area contributed by atoms with E-state index < -0.39 is 10.0 Å². The molecule has 1 rings (SSSR count). The van der Waals surface area contributed by atoms with Crippen molar-refractivity contribution in [3.63, 3.8) is 0 Å². The monoisotopic (exact) mass is 228 g/mol. The first-order chi connectivity index (χ1) is 6.93. The summed E-state index contributed by atoms with van der Waals surface area (Å²) < 4.78 is 23.6. The molecule has 0 aromatic heterocycles. The van der Waals surface area contributed by atoms with E-state index in [1.54, 1.807) is 7.05 Å².